The normalized spacial score (nSPS) is 13.4. The molecule has 0 radical (unpaired) electrons. The molecule has 47 heavy (non-hydrogen) atoms. The van der Waals surface area contributed by atoms with Crippen molar-refractivity contribution in [2.45, 2.75) is 26.7 Å². The van der Waals surface area contributed by atoms with E-state index in [0.29, 0.717) is 52.6 Å². The van der Waals surface area contributed by atoms with E-state index < -0.39 is 35.5 Å². The van der Waals surface area contributed by atoms with Crippen LogP contribution in [-0.4, -0.2) is 60.2 Å². The summed E-state index contributed by atoms with van der Waals surface area (Å²) in [6.07, 6.45) is 3.05. The zero-order valence-corrected chi connectivity index (χ0v) is 27.8. The van der Waals surface area contributed by atoms with Gasteiger partial charge < -0.3 is 24.8 Å². The lowest BCUT2D eigenvalue weighted by atomic mass is 10.2. The lowest BCUT2D eigenvalue weighted by Crippen LogP contribution is -2.36. The molecule has 246 valence electrons. The Morgan fingerprint density at radius 1 is 0.894 bits per heavy atom. The highest BCUT2D eigenvalue weighted by Gasteiger charge is 2.36. The van der Waals surface area contributed by atoms with Crippen molar-refractivity contribution in [3.05, 3.63) is 86.7 Å². The molecule has 1 heterocycles. The number of thioether (sulfide) groups is 1. The molecule has 4 amide bonds. The predicted octanol–water partition coefficient (Wildman–Crippen LogP) is 7.04. The number of amides is 4. The summed E-state index contributed by atoms with van der Waals surface area (Å²) in [6.45, 7) is 3.44. The van der Waals surface area contributed by atoms with Crippen LogP contribution < -0.4 is 20.1 Å². The Labute approximate surface area is 285 Å². The van der Waals surface area contributed by atoms with Crippen molar-refractivity contribution in [1.29, 1.82) is 0 Å². The van der Waals surface area contributed by atoms with E-state index in [1.807, 2.05) is 6.92 Å². The zero-order valence-electron chi connectivity index (χ0n) is 25.5. The number of carbonyl (C=O) groups excluding carboxylic acids is 5. The molecule has 1 aliphatic rings. The van der Waals surface area contributed by atoms with Crippen molar-refractivity contribution < 1.29 is 38.2 Å². The van der Waals surface area contributed by atoms with Gasteiger partial charge in [-0.25, -0.2) is 4.79 Å². The third-order valence-corrected chi connectivity index (χ3v) is 7.88. The first-order valence-electron chi connectivity index (χ1n) is 14.5. The molecule has 0 aromatic heterocycles. The maximum absolute atomic E-state index is 13.1. The summed E-state index contributed by atoms with van der Waals surface area (Å²) in [5, 5.41) is 5.29. The molecule has 0 spiro atoms. The summed E-state index contributed by atoms with van der Waals surface area (Å²) in [7, 11) is 0. The average Bonchev–Trinajstić information content (AvgIpc) is 3.28. The Morgan fingerprint density at radius 3 is 2.40 bits per heavy atom. The van der Waals surface area contributed by atoms with Crippen LogP contribution in [-0.2, 0) is 19.1 Å². The Bertz CT molecular complexity index is 1710. The van der Waals surface area contributed by atoms with Gasteiger partial charge in [-0.15, -0.1) is 0 Å². The first-order chi connectivity index (χ1) is 22.6. The Balaban J connectivity index is 1.38. The minimum atomic E-state index is -0.652. The number of carbonyl (C=O) groups is 5. The summed E-state index contributed by atoms with van der Waals surface area (Å²) in [4.78, 5) is 64.2. The first-order valence-corrected chi connectivity index (χ1v) is 16.1. The molecule has 11 nitrogen and oxygen atoms in total. The summed E-state index contributed by atoms with van der Waals surface area (Å²) in [5.41, 5.74) is 1.38. The van der Waals surface area contributed by atoms with Crippen LogP contribution in [0.25, 0.3) is 6.08 Å². The second kappa shape index (κ2) is 16.9. The van der Waals surface area contributed by atoms with E-state index in [-0.39, 0.29) is 34.4 Å². The SMILES string of the molecule is CCCCOC(=O)c1cc(NC(=O)CN2C(=O)S/C(=C/c3ccc(OCC(=O)Nc4cccc(Cl)c4)c(OCC)c3)C2=O)ccc1Cl. The molecule has 1 saturated heterocycles. The number of imide groups is 1. The van der Waals surface area contributed by atoms with Crippen LogP contribution in [0.3, 0.4) is 0 Å². The van der Waals surface area contributed by atoms with Gasteiger partial charge in [0.25, 0.3) is 17.1 Å². The van der Waals surface area contributed by atoms with Crippen molar-refractivity contribution in [2.75, 3.05) is 37.0 Å². The molecule has 1 fully saturated rings. The Kier molecular flexibility index (Phi) is 12.7. The standard InChI is InChI=1S/C33H31Cl2N3O8S/c1-3-5-13-45-32(42)24-17-23(10-11-25(24)35)36-29(39)18-38-31(41)28(47-33(38)43)15-20-9-12-26(27(14-20)44-4-2)46-19-30(40)37-22-8-6-7-21(34)16-22/h6-12,14-17H,3-5,13,18-19H2,1-2H3,(H,36,39)(H,37,40)/b28-15+. The smallest absolute Gasteiger partial charge is 0.339 e. The monoisotopic (exact) mass is 699 g/mol. The maximum Gasteiger partial charge on any atom is 0.339 e. The minimum Gasteiger partial charge on any atom is -0.490 e. The predicted molar refractivity (Wildman–Crippen MR) is 181 cm³/mol. The van der Waals surface area contributed by atoms with Gasteiger partial charge in [0.1, 0.15) is 6.54 Å². The summed E-state index contributed by atoms with van der Waals surface area (Å²) in [5.74, 6) is -1.70. The second-order valence-electron chi connectivity index (χ2n) is 9.99. The van der Waals surface area contributed by atoms with Crippen LogP contribution in [0.4, 0.5) is 16.2 Å². The molecule has 0 aliphatic carbocycles. The van der Waals surface area contributed by atoms with Crippen molar-refractivity contribution in [3.8, 4) is 11.5 Å². The number of hydrogen-bond donors (Lipinski definition) is 2. The van der Waals surface area contributed by atoms with Gasteiger partial charge in [0, 0.05) is 16.4 Å². The molecule has 1 aliphatic heterocycles. The molecule has 3 aromatic rings. The average molecular weight is 701 g/mol. The van der Waals surface area contributed by atoms with Gasteiger partial charge in [-0.2, -0.15) is 0 Å². The van der Waals surface area contributed by atoms with Gasteiger partial charge >= 0.3 is 5.97 Å². The van der Waals surface area contributed by atoms with Gasteiger partial charge in [0.05, 0.1) is 28.7 Å². The topological polar surface area (TPSA) is 140 Å². The largest absolute Gasteiger partial charge is 0.490 e. The number of esters is 1. The fourth-order valence-electron chi connectivity index (χ4n) is 4.19. The van der Waals surface area contributed by atoms with Gasteiger partial charge in [-0.05, 0) is 85.3 Å². The molecule has 14 heteroatoms. The number of benzene rings is 3. The third kappa shape index (κ3) is 9.98. The van der Waals surface area contributed by atoms with E-state index in [1.54, 1.807) is 49.4 Å². The summed E-state index contributed by atoms with van der Waals surface area (Å²) < 4.78 is 16.6. The van der Waals surface area contributed by atoms with Gasteiger partial charge in [0.2, 0.25) is 5.91 Å². The maximum atomic E-state index is 13.1. The molecule has 4 rings (SSSR count). The van der Waals surface area contributed by atoms with Crippen molar-refractivity contribution in [1.82, 2.24) is 4.90 Å². The number of nitrogens with one attached hydrogen (secondary N) is 2. The minimum absolute atomic E-state index is 0.0818. The van der Waals surface area contributed by atoms with Crippen LogP contribution >= 0.6 is 35.0 Å². The van der Waals surface area contributed by atoms with Crippen molar-refractivity contribution in [3.63, 3.8) is 0 Å². The quantitative estimate of drug-likeness (QED) is 0.103. The third-order valence-electron chi connectivity index (χ3n) is 6.41. The van der Waals surface area contributed by atoms with Gasteiger partial charge in [0.15, 0.2) is 18.1 Å². The number of anilines is 2. The van der Waals surface area contributed by atoms with Crippen LogP contribution in [0.1, 0.15) is 42.6 Å². The van der Waals surface area contributed by atoms with Crippen LogP contribution in [0.2, 0.25) is 10.0 Å². The highest BCUT2D eigenvalue weighted by atomic mass is 35.5. The number of unbranched alkanes of at least 4 members (excludes halogenated alkanes) is 1. The number of nitrogens with zero attached hydrogens (tertiary/aromatic N) is 1. The Hall–Kier alpha value is -4.52. The number of ether oxygens (including phenoxy) is 3. The van der Waals surface area contributed by atoms with Crippen molar-refractivity contribution in [2.24, 2.45) is 0 Å². The highest BCUT2D eigenvalue weighted by molar-refractivity contribution is 8.18. The molecular weight excluding hydrogens is 669 g/mol. The fourth-order valence-corrected chi connectivity index (χ4v) is 5.41. The summed E-state index contributed by atoms with van der Waals surface area (Å²) >= 11 is 12.8. The number of halogens is 2. The molecule has 0 bridgehead atoms. The lowest BCUT2D eigenvalue weighted by molar-refractivity contribution is -0.127. The van der Waals surface area contributed by atoms with Gasteiger partial charge in [-0.1, -0.05) is 48.7 Å². The highest BCUT2D eigenvalue weighted by Crippen LogP contribution is 2.35. The molecule has 0 saturated carbocycles. The van der Waals surface area contributed by atoms with Gasteiger partial charge in [-0.3, -0.25) is 24.1 Å². The van der Waals surface area contributed by atoms with E-state index in [4.69, 9.17) is 37.4 Å². The van der Waals surface area contributed by atoms with Crippen molar-refractivity contribution >= 4 is 81.3 Å². The van der Waals surface area contributed by atoms with E-state index in [9.17, 15) is 24.0 Å². The number of hydrogen-bond acceptors (Lipinski definition) is 9. The molecule has 0 atom stereocenters. The molecular formula is C33H31Cl2N3O8S. The van der Waals surface area contributed by atoms with E-state index in [1.165, 1.54) is 24.3 Å². The van der Waals surface area contributed by atoms with E-state index >= 15 is 0 Å². The van der Waals surface area contributed by atoms with Crippen LogP contribution in [0, 0.1) is 0 Å². The molecule has 0 unspecified atom stereocenters. The zero-order chi connectivity index (χ0) is 33.9. The fraction of sp³-hybridized carbons (Fsp3) is 0.242. The van der Waals surface area contributed by atoms with E-state index in [0.717, 1.165) is 11.3 Å². The molecule has 3 aromatic carbocycles. The second-order valence-corrected chi connectivity index (χ2v) is 11.8. The van der Waals surface area contributed by atoms with Crippen LogP contribution in [0.15, 0.2) is 65.6 Å². The first kappa shape index (κ1) is 35.3. The number of rotatable bonds is 14. The van der Waals surface area contributed by atoms with Crippen LogP contribution in [0.5, 0.6) is 11.5 Å². The lowest BCUT2D eigenvalue weighted by Gasteiger charge is -2.14. The summed E-state index contributed by atoms with van der Waals surface area (Å²) in [6, 6.07) is 15.8. The molecule has 2 N–H and O–H groups in total. The van der Waals surface area contributed by atoms with E-state index in [2.05, 4.69) is 10.6 Å². The Morgan fingerprint density at radius 2 is 1.66 bits per heavy atom.